The second-order valence-corrected chi connectivity index (χ2v) is 6.58. The van der Waals surface area contributed by atoms with Gasteiger partial charge in [0.1, 0.15) is 5.75 Å². The summed E-state index contributed by atoms with van der Waals surface area (Å²) in [5, 5.41) is 1.06. The summed E-state index contributed by atoms with van der Waals surface area (Å²) in [6.45, 7) is 0. The summed E-state index contributed by atoms with van der Waals surface area (Å²) in [6, 6.07) is 13.5. The van der Waals surface area contributed by atoms with Gasteiger partial charge in [-0.15, -0.1) is 0 Å². The van der Waals surface area contributed by atoms with E-state index in [9.17, 15) is 0 Å². The van der Waals surface area contributed by atoms with Gasteiger partial charge in [0, 0.05) is 25.0 Å². The van der Waals surface area contributed by atoms with Gasteiger partial charge < -0.3 is 9.30 Å². The molecule has 4 nitrogen and oxygen atoms in total. The lowest BCUT2D eigenvalue weighted by atomic mass is 10.1. The SMILES string of the molecule is COc1ccc(-c2cn3cc(-c4ccc(Cl)c(Cl)c4)nc3n2C)cc1. The molecule has 2 aromatic heterocycles. The van der Waals surface area contributed by atoms with Crippen molar-refractivity contribution >= 4 is 29.0 Å². The molecular formula is C19H15Cl2N3O. The van der Waals surface area contributed by atoms with Crippen LogP contribution in [0.25, 0.3) is 28.3 Å². The Morgan fingerprint density at radius 3 is 2.28 bits per heavy atom. The number of imidazole rings is 2. The third-order valence-corrected chi connectivity index (χ3v) is 4.98. The number of aromatic nitrogens is 3. The molecule has 0 spiro atoms. The molecule has 0 atom stereocenters. The molecule has 4 aromatic rings. The average molecular weight is 372 g/mol. The van der Waals surface area contributed by atoms with Crippen molar-refractivity contribution in [1.82, 2.24) is 14.0 Å². The number of hydrogen-bond donors (Lipinski definition) is 0. The van der Waals surface area contributed by atoms with Crippen LogP contribution in [0, 0.1) is 0 Å². The van der Waals surface area contributed by atoms with Gasteiger partial charge in [-0.05, 0) is 42.0 Å². The Hall–Kier alpha value is -2.43. The van der Waals surface area contributed by atoms with Crippen LogP contribution in [0.3, 0.4) is 0 Å². The highest BCUT2D eigenvalue weighted by Gasteiger charge is 2.13. The third-order valence-electron chi connectivity index (χ3n) is 4.24. The van der Waals surface area contributed by atoms with E-state index in [2.05, 4.69) is 10.8 Å². The van der Waals surface area contributed by atoms with Gasteiger partial charge in [-0.2, -0.15) is 0 Å². The minimum absolute atomic E-state index is 0.523. The molecule has 0 aliphatic carbocycles. The van der Waals surface area contributed by atoms with Crippen LogP contribution in [-0.4, -0.2) is 21.1 Å². The van der Waals surface area contributed by atoms with Crippen LogP contribution in [0.4, 0.5) is 0 Å². The Morgan fingerprint density at radius 1 is 0.920 bits per heavy atom. The van der Waals surface area contributed by atoms with Gasteiger partial charge in [-0.3, -0.25) is 4.40 Å². The van der Waals surface area contributed by atoms with Gasteiger partial charge in [0.2, 0.25) is 5.78 Å². The van der Waals surface area contributed by atoms with Crippen LogP contribution < -0.4 is 4.74 Å². The fourth-order valence-corrected chi connectivity index (χ4v) is 3.18. The van der Waals surface area contributed by atoms with Crippen molar-refractivity contribution in [2.24, 2.45) is 7.05 Å². The summed E-state index contributed by atoms with van der Waals surface area (Å²) < 4.78 is 9.29. The predicted molar refractivity (Wildman–Crippen MR) is 102 cm³/mol. The van der Waals surface area contributed by atoms with E-state index in [-0.39, 0.29) is 0 Å². The molecule has 0 aliphatic heterocycles. The summed E-state index contributed by atoms with van der Waals surface area (Å²) in [7, 11) is 3.66. The number of ether oxygens (including phenoxy) is 1. The molecule has 2 aromatic carbocycles. The Labute approximate surface area is 155 Å². The van der Waals surface area contributed by atoms with Gasteiger partial charge in [0.05, 0.1) is 28.5 Å². The standard InChI is InChI=1S/C19H15Cl2N3O/c1-23-18(12-3-6-14(25-2)7-4-12)11-24-10-17(22-19(23)24)13-5-8-15(20)16(21)9-13/h3-11H,1-2H3. The average Bonchev–Trinajstić information content (AvgIpc) is 3.17. The lowest BCUT2D eigenvalue weighted by Crippen LogP contribution is -1.93. The highest BCUT2D eigenvalue weighted by atomic mass is 35.5. The fraction of sp³-hybridized carbons (Fsp3) is 0.105. The van der Waals surface area contributed by atoms with Crippen LogP contribution >= 0.6 is 23.2 Å². The summed E-state index contributed by atoms with van der Waals surface area (Å²) in [5.74, 6) is 1.69. The number of aryl methyl sites for hydroxylation is 1. The van der Waals surface area contributed by atoms with Crippen LogP contribution in [0.1, 0.15) is 0 Å². The van der Waals surface area contributed by atoms with Crippen molar-refractivity contribution < 1.29 is 4.74 Å². The minimum Gasteiger partial charge on any atom is -0.497 e. The fourth-order valence-electron chi connectivity index (χ4n) is 2.88. The summed E-state index contributed by atoms with van der Waals surface area (Å²) in [4.78, 5) is 4.73. The zero-order chi connectivity index (χ0) is 17.6. The quantitative estimate of drug-likeness (QED) is 0.487. The molecule has 0 bridgehead atoms. The monoisotopic (exact) mass is 371 g/mol. The smallest absolute Gasteiger partial charge is 0.214 e. The van der Waals surface area contributed by atoms with E-state index in [1.54, 1.807) is 13.2 Å². The second kappa shape index (κ2) is 6.14. The topological polar surface area (TPSA) is 31.5 Å². The number of fused-ring (bicyclic) bond motifs is 1. The molecule has 0 amide bonds. The normalized spacial score (nSPS) is 11.2. The molecule has 2 heterocycles. The van der Waals surface area contributed by atoms with Crippen LogP contribution in [-0.2, 0) is 7.05 Å². The summed E-state index contributed by atoms with van der Waals surface area (Å²) >= 11 is 12.1. The highest BCUT2D eigenvalue weighted by Crippen LogP contribution is 2.30. The number of hydrogen-bond acceptors (Lipinski definition) is 2. The first-order chi connectivity index (χ1) is 12.1. The van der Waals surface area contributed by atoms with Gasteiger partial charge in [0.25, 0.3) is 0 Å². The molecule has 0 unspecified atom stereocenters. The zero-order valence-electron chi connectivity index (χ0n) is 13.7. The Balaban J connectivity index is 1.76. The third kappa shape index (κ3) is 2.77. The first-order valence-corrected chi connectivity index (χ1v) is 8.46. The molecule has 0 N–H and O–H groups in total. The van der Waals surface area contributed by atoms with E-state index in [1.807, 2.05) is 54.0 Å². The Bertz CT molecular complexity index is 1060. The first-order valence-electron chi connectivity index (χ1n) is 7.71. The van der Waals surface area contributed by atoms with Gasteiger partial charge >= 0.3 is 0 Å². The maximum absolute atomic E-state index is 6.12. The van der Waals surface area contributed by atoms with E-state index in [0.29, 0.717) is 10.0 Å². The number of benzene rings is 2. The summed E-state index contributed by atoms with van der Waals surface area (Å²) in [5.41, 5.74) is 3.96. The van der Waals surface area contributed by atoms with E-state index in [0.717, 1.165) is 34.0 Å². The number of rotatable bonds is 3. The highest BCUT2D eigenvalue weighted by molar-refractivity contribution is 6.42. The van der Waals surface area contributed by atoms with Gasteiger partial charge in [0.15, 0.2) is 0 Å². The van der Waals surface area contributed by atoms with E-state index < -0.39 is 0 Å². The van der Waals surface area contributed by atoms with Crippen molar-refractivity contribution in [1.29, 1.82) is 0 Å². The number of methoxy groups -OCH3 is 1. The van der Waals surface area contributed by atoms with E-state index in [4.69, 9.17) is 32.9 Å². The van der Waals surface area contributed by atoms with Crippen molar-refractivity contribution in [2.45, 2.75) is 0 Å². The minimum atomic E-state index is 0.523. The van der Waals surface area contributed by atoms with Crippen LogP contribution in [0.5, 0.6) is 5.75 Å². The largest absolute Gasteiger partial charge is 0.497 e. The molecule has 6 heteroatoms. The number of halogens is 2. The molecule has 0 aliphatic rings. The Kier molecular flexibility index (Phi) is 3.94. The second-order valence-electron chi connectivity index (χ2n) is 5.76. The number of nitrogens with zero attached hydrogens (tertiary/aromatic N) is 3. The predicted octanol–water partition coefficient (Wildman–Crippen LogP) is 5.32. The maximum atomic E-state index is 6.12. The molecule has 25 heavy (non-hydrogen) atoms. The Morgan fingerprint density at radius 2 is 1.64 bits per heavy atom. The van der Waals surface area contributed by atoms with Crippen LogP contribution in [0.2, 0.25) is 10.0 Å². The van der Waals surface area contributed by atoms with Gasteiger partial charge in [-0.1, -0.05) is 29.3 Å². The molecule has 126 valence electrons. The molecule has 0 fully saturated rings. The zero-order valence-corrected chi connectivity index (χ0v) is 15.2. The molecule has 0 radical (unpaired) electrons. The first kappa shape index (κ1) is 16.1. The summed E-state index contributed by atoms with van der Waals surface area (Å²) in [6.07, 6.45) is 4.05. The van der Waals surface area contributed by atoms with Gasteiger partial charge in [-0.25, -0.2) is 4.98 Å². The van der Waals surface area contributed by atoms with Crippen molar-refractivity contribution in [2.75, 3.05) is 7.11 Å². The van der Waals surface area contributed by atoms with Crippen molar-refractivity contribution in [3.05, 3.63) is 64.9 Å². The lowest BCUT2D eigenvalue weighted by Gasteiger charge is -2.04. The molecule has 0 saturated carbocycles. The maximum Gasteiger partial charge on any atom is 0.214 e. The molecule has 4 rings (SSSR count). The van der Waals surface area contributed by atoms with E-state index in [1.165, 1.54) is 0 Å². The van der Waals surface area contributed by atoms with Crippen molar-refractivity contribution in [3.63, 3.8) is 0 Å². The van der Waals surface area contributed by atoms with Crippen LogP contribution in [0.15, 0.2) is 54.9 Å². The molecule has 0 saturated heterocycles. The van der Waals surface area contributed by atoms with Crippen molar-refractivity contribution in [3.8, 4) is 28.3 Å². The lowest BCUT2D eigenvalue weighted by molar-refractivity contribution is 0.415. The van der Waals surface area contributed by atoms with E-state index >= 15 is 0 Å². The molecular weight excluding hydrogens is 357 g/mol.